The van der Waals surface area contributed by atoms with Gasteiger partial charge in [-0.3, -0.25) is 0 Å². The Kier molecular flexibility index (Phi) is 2.46. The van der Waals surface area contributed by atoms with Gasteiger partial charge in [0, 0.05) is 12.8 Å². The molecule has 0 heterocycles. The smallest absolute Gasteiger partial charge is 0.207 e. The maximum atomic E-state index is 13.2. The number of rotatable bonds is 4. The molecule has 0 aromatic rings. The average Bonchev–Trinajstić information content (AvgIpc) is 2.40. The van der Waals surface area contributed by atoms with E-state index in [1.165, 1.54) is 0 Å². The Morgan fingerprint density at radius 2 is 1.83 bits per heavy atom. The van der Waals surface area contributed by atoms with E-state index in [2.05, 4.69) is 0 Å². The predicted octanol–water partition coefficient (Wildman–Crippen LogP) is 3.86. The molecule has 0 aliphatic heterocycles. The van der Waals surface area contributed by atoms with Crippen molar-refractivity contribution in [2.75, 3.05) is 0 Å². The summed E-state index contributed by atoms with van der Waals surface area (Å²) in [5.41, 5.74) is -0.0294. The maximum Gasteiger partial charge on any atom is 0.248 e. The minimum atomic E-state index is -2.43. The summed E-state index contributed by atoms with van der Waals surface area (Å²) in [7, 11) is 0. The lowest BCUT2D eigenvalue weighted by Gasteiger charge is -2.21. The van der Waals surface area contributed by atoms with Crippen LogP contribution in [0.3, 0.4) is 0 Å². The minimum Gasteiger partial charge on any atom is -0.207 e. The summed E-state index contributed by atoms with van der Waals surface area (Å²) >= 11 is 0. The van der Waals surface area contributed by atoms with Crippen molar-refractivity contribution in [3.8, 4) is 0 Å². The summed E-state index contributed by atoms with van der Waals surface area (Å²) in [6.45, 7) is 5.66. The summed E-state index contributed by atoms with van der Waals surface area (Å²) in [6.07, 6.45) is 2.11. The first-order chi connectivity index (χ1) is 5.33. The monoisotopic (exact) mass is 176 g/mol. The fraction of sp³-hybridized carbons (Fsp3) is 1.00. The van der Waals surface area contributed by atoms with Gasteiger partial charge in [-0.15, -0.1) is 0 Å². The Bertz CT molecular complexity index is 157. The Hall–Kier alpha value is -0.140. The topological polar surface area (TPSA) is 0 Å². The van der Waals surface area contributed by atoms with Crippen molar-refractivity contribution in [1.29, 1.82) is 0 Å². The van der Waals surface area contributed by atoms with Crippen LogP contribution in [0.4, 0.5) is 8.78 Å². The van der Waals surface area contributed by atoms with Gasteiger partial charge in [0.15, 0.2) is 0 Å². The summed E-state index contributed by atoms with van der Waals surface area (Å²) in [6, 6.07) is 0. The lowest BCUT2D eigenvalue weighted by atomic mass is 9.94. The van der Waals surface area contributed by atoms with Crippen LogP contribution in [0.15, 0.2) is 0 Å². The molecule has 0 N–H and O–H groups in total. The quantitative estimate of drug-likeness (QED) is 0.610. The summed E-state index contributed by atoms with van der Waals surface area (Å²) < 4.78 is 26.4. The lowest BCUT2D eigenvalue weighted by Crippen LogP contribution is -2.22. The molecular weight excluding hydrogens is 158 g/mol. The van der Waals surface area contributed by atoms with Gasteiger partial charge in [0.2, 0.25) is 5.92 Å². The van der Waals surface area contributed by atoms with E-state index >= 15 is 0 Å². The molecule has 0 nitrogen and oxygen atoms in total. The van der Waals surface area contributed by atoms with Crippen molar-refractivity contribution in [3.05, 3.63) is 0 Å². The van der Waals surface area contributed by atoms with Crippen LogP contribution in [-0.2, 0) is 0 Å². The van der Waals surface area contributed by atoms with E-state index < -0.39 is 5.92 Å². The number of hydrogen-bond donors (Lipinski definition) is 0. The van der Waals surface area contributed by atoms with Crippen LogP contribution in [0.2, 0.25) is 0 Å². The van der Waals surface area contributed by atoms with Crippen LogP contribution in [0.5, 0.6) is 0 Å². The van der Waals surface area contributed by atoms with Gasteiger partial charge >= 0.3 is 0 Å². The van der Waals surface area contributed by atoms with Crippen LogP contribution in [0, 0.1) is 11.3 Å². The first-order valence-electron chi connectivity index (χ1n) is 4.71. The van der Waals surface area contributed by atoms with E-state index in [0.29, 0.717) is 0 Å². The number of halogens is 2. The van der Waals surface area contributed by atoms with Crippen LogP contribution >= 0.6 is 0 Å². The standard InChI is InChI=1S/C10H18F2/c1-8(2)6-10(11,12)7-9(3)4-5-9/h8H,4-7H2,1-3H3. The zero-order valence-electron chi connectivity index (χ0n) is 8.16. The van der Waals surface area contributed by atoms with Crippen LogP contribution in [-0.4, -0.2) is 5.92 Å². The van der Waals surface area contributed by atoms with Crippen LogP contribution in [0.1, 0.15) is 46.5 Å². The van der Waals surface area contributed by atoms with E-state index in [4.69, 9.17) is 0 Å². The number of alkyl halides is 2. The number of hydrogen-bond acceptors (Lipinski definition) is 0. The van der Waals surface area contributed by atoms with Crippen molar-refractivity contribution >= 4 is 0 Å². The molecule has 72 valence electrons. The molecule has 0 aromatic heterocycles. The van der Waals surface area contributed by atoms with Gasteiger partial charge in [0.1, 0.15) is 0 Å². The first kappa shape index (κ1) is 9.94. The summed E-state index contributed by atoms with van der Waals surface area (Å²) in [5, 5.41) is 0. The normalized spacial score (nSPS) is 21.5. The Balaban J connectivity index is 2.37. The Morgan fingerprint density at radius 3 is 2.17 bits per heavy atom. The third-order valence-electron chi connectivity index (χ3n) is 2.50. The molecule has 0 bridgehead atoms. The van der Waals surface area contributed by atoms with Crippen molar-refractivity contribution in [3.63, 3.8) is 0 Å². The molecule has 0 unspecified atom stereocenters. The zero-order chi connectivity index (χ0) is 9.41. The maximum absolute atomic E-state index is 13.2. The van der Waals surface area contributed by atoms with Crippen LogP contribution in [0.25, 0.3) is 0 Å². The fourth-order valence-electron chi connectivity index (χ4n) is 1.68. The first-order valence-corrected chi connectivity index (χ1v) is 4.71. The second-order valence-electron chi connectivity index (χ2n) is 4.94. The SMILES string of the molecule is CC(C)CC(F)(F)CC1(C)CC1. The van der Waals surface area contributed by atoms with Gasteiger partial charge in [0.25, 0.3) is 0 Å². The molecule has 12 heavy (non-hydrogen) atoms. The summed E-state index contributed by atoms with van der Waals surface area (Å²) in [4.78, 5) is 0. The third kappa shape index (κ3) is 3.08. The molecule has 0 aromatic carbocycles. The van der Waals surface area contributed by atoms with Gasteiger partial charge in [-0.2, -0.15) is 0 Å². The second kappa shape index (κ2) is 2.97. The largest absolute Gasteiger partial charge is 0.248 e. The van der Waals surface area contributed by atoms with E-state index in [0.717, 1.165) is 12.8 Å². The molecule has 1 rings (SSSR count). The highest BCUT2D eigenvalue weighted by Crippen LogP contribution is 2.52. The van der Waals surface area contributed by atoms with Gasteiger partial charge < -0.3 is 0 Å². The van der Waals surface area contributed by atoms with E-state index in [1.807, 2.05) is 20.8 Å². The molecule has 2 heteroatoms. The van der Waals surface area contributed by atoms with Gasteiger partial charge in [-0.1, -0.05) is 20.8 Å². The highest BCUT2D eigenvalue weighted by Gasteiger charge is 2.46. The minimum absolute atomic E-state index is 0.0294. The molecular formula is C10H18F2. The van der Waals surface area contributed by atoms with Crippen LogP contribution < -0.4 is 0 Å². The van der Waals surface area contributed by atoms with E-state index in [9.17, 15) is 8.78 Å². The molecule has 0 saturated heterocycles. The molecule has 1 aliphatic rings. The molecule has 0 spiro atoms. The molecule has 0 atom stereocenters. The zero-order valence-corrected chi connectivity index (χ0v) is 8.16. The van der Waals surface area contributed by atoms with Gasteiger partial charge in [-0.25, -0.2) is 8.78 Å². The molecule has 1 fully saturated rings. The summed E-state index contributed by atoms with van der Waals surface area (Å²) in [5.74, 6) is -2.33. The lowest BCUT2D eigenvalue weighted by molar-refractivity contribution is -0.0427. The van der Waals surface area contributed by atoms with Crippen molar-refractivity contribution in [2.45, 2.75) is 52.4 Å². The Morgan fingerprint density at radius 1 is 1.33 bits per heavy atom. The van der Waals surface area contributed by atoms with E-state index in [1.54, 1.807) is 0 Å². The second-order valence-corrected chi connectivity index (χ2v) is 4.94. The Labute approximate surface area is 73.3 Å². The predicted molar refractivity (Wildman–Crippen MR) is 46.4 cm³/mol. The molecule has 0 amide bonds. The molecule has 0 radical (unpaired) electrons. The molecule has 1 saturated carbocycles. The van der Waals surface area contributed by atoms with E-state index in [-0.39, 0.29) is 24.2 Å². The fourth-order valence-corrected chi connectivity index (χ4v) is 1.68. The van der Waals surface area contributed by atoms with Gasteiger partial charge in [-0.05, 0) is 24.2 Å². The molecule has 1 aliphatic carbocycles. The highest BCUT2D eigenvalue weighted by atomic mass is 19.3. The van der Waals surface area contributed by atoms with Gasteiger partial charge in [0.05, 0.1) is 0 Å². The average molecular weight is 176 g/mol. The highest BCUT2D eigenvalue weighted by molar-refractivity contribution is 4.92. The van der Waals surface area contributed by atoms with Crippen molar-refractivity contribution < 1.29 is 8.78 Å². The van der Waals surface area contributed by atoms with Crippen molar-refractivity contribution in [2.24, 2.45) is 11.3 Å². The third-order valence-corrected chi connectivity index (χ3v) is 2.50. The van der Waals surface area contributed by atoms with Crippen molar-refractivity contribution in [1.82, 2.24) is 0 Å².